The largest absolute Gasteiger partial charge is 0.352 e. The lowest BCUT2D eigenvalue weighted by molar-refractivity contribution is 0.793. The van der Waals surface area contributed by atoms with Crippen LogP contribution in [-0.4, -0.2) is 22.6 Å². The van der Waals surface area contributed by atoms with Gasteiger partial charge in [-0.25, -0.2) is 4.98 Å². The minimum Gasteiger partial charge on any atom is -0.352 e. The maximum atomic E-state index is 4.30. The highest BCUT2D eigenvalue weighted by Gasteiger charge is 2.02. The van der Waals surface area contributed by atoms with Crippen LogP contribution < -0.4 is 10.6 Å². The summed E-state index contributed by atoms with van der Waals surface area (Å²) in [4.78, 5) is 11.1. The Morgan fingerprint density at radius 1 is 1.04 bits per heavy atom. The molecule has 0 amide bonds. The van der Waals surface area contributed by atoms with Gasteiger partial charge in [0, 0.05) is 42.3 Å². The number of hydrogen-bond donors (Lipinski definition) is 2. The molecule has 0 fully saturated rings. The van der Waals surface area contributed by atoms with E-state index in [9.17, 15) is 0 Å². The van der Waals surface area contributed by atoms with E-state index in [0.29, 0.717) is 0 Å². The first-order chi connectivity index (χ1) is 12.8. The van der Waals surface area contributed by atoms with Crippen LogP contribution in [0.25, 0.3) is 0 Å². The van der Waals surface area contributed by atoms with Crippen molar-refractivity contribution in [2.24, 2.45) is 4.99 Å². The summed E-state index contributed by atoms with van der Waals surface area (Å²) in [6.07, 6.45) is 6.70. The molecule has 0 aliphatic heterocycles. The summed E-state index contributed by atoms with van der Waals surface area (Å²) in [5.41, 5.74) is 2.49. The highest BCUT2D eigenvalue weighted by atomic mass is 127. The monoisotopic (exact) mass is 495 g/mol. The molecule has 0 bridgehead atoms. The number of thiophene rings is 1. The van der Waals surface area contributed by atoms with E-state index in [1.54, 1.807) is 13.2 Å². The van der Waals surface area contributed by atoms with Gasteiger partial charge in [-0.1, -0.05) is 31.2 Å². The SMILES string of the molecule is CCc1ccc(CNC(=NC)NCc2ccc(Cn3ccnc3)cc2)s1.I. The molecule has 3 rings (SSSR count). The highest BCUT2D eigenvalue weighted by molar-refractivity contribution is 14.0. The third kappa shape index (κ3) is 6.66. The van der Waals surface area contributed by atoms with Crippen LogP contribution in [0.5, 0.6) is 0 Å². The molecule has 0 unspecified atom stereocenters. The fourth-order valence-electron chi connectivity index (χ4n) is 2.64. The van der Waals surface area contributed by atoms with Crippen molar-refractivity contribution in [1.82, 2.24) is 20.2 Å². The Hall–Kier alpha value is -1.87. The lowest BCUT2D eigenvalue weighted by Crippen LogP contribution is -2.36. The molecule has 2 N–H and O–H groups in total. The summed E-state index contributed by atoms with van der Waals surface area (Å²) in [5, 5.41) is 6.74. The van der Waals surface area contributed by atoms with E-state index in [4.69, 9.17) is 0 Å². The fraction of sp³-hybridized carbons (Fsp3) is 0.300. The number of imidazole rings is 1. The van der Waals surface area contributed by atoms with Crippen molar-refractivity contribution < 1.29 is 0 Å². The van der Waals surface area contributed by atoms with Crippen molar-refractivity contribution in [3.8, 4) is 0 Å². The van der Waals surface area contributed by atoms with Gasteiger partial charge in [0.25, 0.3) is 0 Å². The first-order valence-electron chi connectivity index (χ1n) is 8.82. The number of guanidine groups is 1. The second kappa shape index (κ2) is 11.1. The molecule has 144 valence electrons. The van der Waals surface area contributed by atoms with E-state index in [-0.39, 0.29) is 24.0 Å². The minimum absolute atomic E-state index is 0. The van der Waals surface area contributed by atoms with Gasteiger partial charge in [0.05, 0.1) is 12.9 Å². The van der Waals surface area contributed by atoms with Gasteiger partial charge in [-0.3, -0.25) is 4.99 Å². The zero-order valence-electron chi connectivity index (χ0n) is 15.7. The van der Waals surface area contributed by atoms with E-state index >= 15 is 0 Å². The van der Waals surface area contributed by atoms with Crippen LogP contribution in [-0.2, 0) is 26.1 Å². The maximum Gasteiger partial charge on any atom is 0.191 e. The number of nitrogens with one attached hydrogen (secondary N) is 2. The first kappa shape index (κ1) is 21.4. The highest BCUT2D eigenvalue weighted by Crippen LogP contribution is 2.16. The predicted octanol–water partition coefficient (Wildman–Crippen LogP) is 4.04. The summed E-state index contributed by atoms with van der Waals surface area (Å²) >= 11 is 1.85. The summed E-state index contributed by atoms with van der Waals surface area (Å²) in [6, 6.07) is 13.0. The lowest BCUT2D eigenvalue weighted by atomic mass is 10.1. The van der Waals surface area contributed by atoms with Crippen LogP contribution in [0.4, 0.5) is 0 Å². The van der Waals surface area contributed by atoms with Crippen molar-refractivity contribution >= 4 is 41.3 Å². The number of rotatable bonds is 7. The molecule has 0 aliphatic carbocycles. The molecule has 5 nitrogen and oxygen atoms in total. The van der Waals surface area contributed by atoms with Crippen LogP contribution in [0.2, 0.25) is 0 Å². The second-order valence-corrected chi connectivity index (χ2v) is 7.31. The third-order valence-electron chi connectivity index (χ3n) is 4.13. The summed E-state index contributed by atoms with van der Waals surface area (Å²) in [6.45, 7) is 4.57. The van der Waals surface area contributed by atoms with Gasteiger partial charge >= 0.3 is 0 Å². The molecule has 3 aromatic rings. The van der Waals surface area contributed by atoms with E-state index < -0.39 is 0 Å². The van der Waals surface area contributed by atoms with Gasteiger partial charge in [0.2, 0.25) is 0 Å². The van der Waals surface area contributed by atoms with Gasteiger partial charge in [-0.05, 0) is 29.7 Å². The van der Waals surface area contributed by atoms with Gasteiger partial charge in [0.15, 0.2) is 5.96 Å². The van der Waals surface area contributed by atoms with Gasteiger partial charge in [0.1, 0.15) is 0 Å². The maximum absolute atomic E-state index is 4.30. The topological polar surface area (TPSA) is 54.2 Å². The van der Waals surface area contributed by atoms with Crippen molar-refractivity contribution in [3.63, 3.8) is 0 Å². The molecule has 0 spiro atoms. The molecule has 7 heteroatoms. The smallest absolute Gasteiger partial charge is 0.191 e. The van der Waals surface area contributed by atoms with E-state index in [2.05, 4.69) is 68.5 Å². The Morgan fingerprint density at radius 3 is 2.37 bits per heavy atom. The molecule has 1 aromatic carbocycles. The number of aryl methyl sites for hydroxylation is 1. The summed E-state index contributed by atoms with van der Waals surface area (Å²) in [5.74, 6) is 0.818. The Labute approximate surface area is 182 Å². The van der Waals surface area contributed by atoms with E-state index in [0.717, 1.165) is 32.0 Å². The summed E-state index contributed by atoms with van der Waals surface area (Å²) in [7, 11) is 1.80. The number of halogens is 1. The molecular weight excluding hydrogens is 469 g/mol. The molecule has 0 saturated carbocycles. The molecule has 0 atom stereocenters. The van der Waals surface area contributed by atoms with Crippen molar-refractivity contribution in [1.29, 1.82) is 0 Å². The number of nitrogens with zero attached hydrogens (tertiary/aromatic N) is 3. The van der Waals surface area contributed by atoms with Crippen LogP contribution >= 0.6 is 35.3 Å². The molecule has 2 aromatic heterocycles. The first-order valence-corrected chi connectivity index (χ1v) is 9.64. The molecule has 0 radical (unpaired) electrons. The number of hydrogen-bond acceptors (Lipinski definition) is 3. The second-order valence-electron chi connectivity index (χ2n) is 6.05. The molecule has 2 heterocycles. The minimum atomic E-state index is 0. The predicted molar refractivity (Wildman–Crippen MR) is 124 cm³/mol. The van der Waals surface area contributed by atoms with Crippen LogP contribution in [0.1, 0.15) is 27.8 Å². The van der Waals surface area contributed by atoms with E-state index in [1.807, 2.05) is 23.9 Å². The van der Waals surface area contributed by atoms with Crippen molar-refractivity contribution in [2.75, 3.05) is 7.05 Å². The Morgan fingerprint density at radius 2 is 1.74 bits per heavy atom. The van der Waals surface area contributed by atoms with Crippen LogP contribution in [0.15, 0.2) is 60.1 Å². The zero-order valence-corrected chi connectivity index (χ0v) is 18.8. The summed E-state index contributed by atoms with van der Waals surface area (Å²) < 4.78 is 2.06. The standard InChI is InChI=1S/C20H25N5S.HI/c1-3-18-8-9-19(26-18)13-24-20(21-2)23-12-16-4-6-17(7-5-16)14-25-11-10-22-15-25;/h4-11,15H,3,12-14H2,1-2H3,(H2,21,23,24);1H. The third-order valence-corrected chi connectivity index (χ3v) is 5.36. The van der Waals surface area contributed by atoms with Crippen LogP contribution in [0, 0.1) is 0 Å². The zero-order chi connectivity index (χ0) is 18.2. The van der Waals surface area contributed by atoms with E-state index in [1.165, 1.54) is 20.9 Å². The van der Waals surface area contributed by atoms with Crippen molar-refractivity contribution in [2.45, 2.75) is 33.0 Å². The molecule has 0 saturated heterocycles. The molecule has 0 aliphatic rings. The normalized spacial score (nSPS) is 11.1. The number of aliphatic imine (C=N–C) groups is 1. The van der Waals surface area contributed by atoms with Gasteiger partial charge in [-0.2, -0.15) is 0 Å². The average Bonchev–Trinajstić information content (AvgIpc) is 3.35. The van der Waals surface area contributed by atoms with Gasteiger partial charge in [-0.15, -0.1) is 35.3 Å². The van der Waals surface area contributed by atoms with Crippen molar-refractivity contribution in [3.05, 3.63) is 76.0 Å². The molecular formula is C20H26IN5S. The molecule has 27 heavy (non-hydrogen) atoms. The number of benzene rings is 1. The van der Waals surface area contributed by atoms with Gasteiger partial charge < -0.3 is 15.2 Å². The lowest BCUT2D eigenvalue weighted by Gasteiger charge is -2.12. The van der Waals surface area contributed by atoms with Crippen LogP contribution in [0.3, 0.4) is 0 Å². The Kier molecular flexibility index (Phi) is 8.80. The quantitative estimate of drug-likeness (QED) is 0.296. The number of aromatic nitrogens is 2. The average molecular weight is 495 g/mol. The fourth-order valence-corrected chi connectivity index (χ4v) is 3.54. The Balaban J connectivity index is 0.00000261. The Bertz CT molecular complexity index is 824.